The maximum atomic E-state index is 13.1. The van der Waals surface area contributed by atoms with Crippen LogP contribution >= 0.6 is 0 Å². The fourth-order valence-corrected chi connectivity index (χ4v) is 3.17. The Morgan fingerprint density at radius 2 is 1.46 bits per heavy atom. The summed E-state index contributed by atoms with van der Waals surface area (Å²) in [5, 5.41) is 11.8. The van der Waals surface area contributed by atoms with Crippen LogP contribution in [0.3, 0.4) is 0 Å². The van der Waals surface area contributed by atoms with Crippen LogP contribution in [0, 0.1) is 0 Å². The summed E-state index contributed by atoms with van der Waals surface area (Å²) in [5.74, 6) is -3.84. The zero-order valence-electron chi connectivity index (χ0n) is 13.7. The van der Waals surface area contributed by atoms with Gasteiger partial charge in [0.05, 0.1) is 17.2 Å². The summed E-state index contributed by atoms with van der Waals surface area (Å²) in [5.41, 5.74) is -3.77. The highest BCUT2D eigenvalue weighted by Gasteiger charge is 2.42. The third-order valence-electron chi connectivity index (χ3n) is 4.40. The van der Waals surface area contributed by atoms with Crippen LogP contribution in [0.25, 0.3) is 0 Å². The summed E-state index contributed by atoms with van der Waals surface area (Å²) in [6, 6.07) is 4.69. The molecule has 4 nitrogen and oxygen atoms in total. The van der Waals surface area contributed by atoms with Gasteiger partial charge < -0.3 is 10.4 Å². The van der Waals surface area contributed by atoms with Crippen LogP contribution < -0.4 is 5.32 Å². The minimum absolute atomic E-state index is 0.00540. The van der Waals surface area contributed by atoms with Crippen LogP contribution in [0.15, 0.2) is 42.5 Å². The van der Waals surface area contributed by atoms with E-state index in [0.717, 1.165) is 0 Å². The zero-order chi connectivity index (χ0) is 20.9. The summed E-state index contributed by atoms with van der Waals surface area (Å²) in [4.78, 5) is 24.0. The first-order valence-corrected chi connectivity index (χ1v) is 7.81. The van der Waals surface area contributed by atoms with Crippen molar-refractivity contribution in [3.05, 3.63) is 70.3 Å². The molecule has 0 bridgehead atoms. The van der Waals surface area contributed by atoms with Crippen LogP contribution in [0.2, 0.25) is 0 Å². The minimum atomic E-state index is -5.09. The molecule has 1 unspecified atom stereocenters. The molecule has 2 aromatic rings. The van der Waals surface area contributed by atoms with Crippen molar-refractivity contribution in [1.29, 1.82) is 0 Å². The molecule has 2 aromatic carbocycles. The van der Waals surface area contributed by atoms with E-state index < -0.39 is 52.9 Å². The van der Waals surface area contributed by atoms with E-state index in [2.05, 4.69) is 5.32 Å². The lowest BCUT2D eigenvalue weighted by molar-refractivity contribution is -0.143. The van der Waals surface area contributed by atoms with Gasteiger partial charge in [-0.25, -0.2) is 0 Å². The monoisotopic (exact) mass is 403 g/mol. The number of benzene rings is 2. The van der Waals surface area contributed by atoms with Crippen molar-refractivity contribution >= 4 is 11.9 Å². The number of fused-ring (bicyclic) bond motifs is 1. The second-order valence-corrected chi connectivity index (χ2v) is 6.19. The Labute approximate surface area is 153 Å². The van der Waals surface area contributed by atoms with Gasteiger partial charge in [0.1, 0.15) is 5.92 Å². The van der Waals surface area contributed by atoms with E-state index in [1.54, 1.807) is 0 Å². The van der Waals surface area contributed by atoms with Crippen LogP contribution in [0.1, 0.15) is 44.6 Å². The first-order valence-electron chi connectivity index (χ1n) is 7.81. The molecular weight excluding hydrogens is 392 g/mol. The highest BCUT2D eigenvalue weighted by Crippen LogP contribution is 2.42. The smallest absolute Gasteiger partial charge is 0.416 e. The van der Waals surface area contributed by atoms with Crippen molar-refractivity contribution in [3.8, 4) is 0 Å². The van der Waals surface area contributed by atoms with Crippen molar-refractivity contribution in [2.75, 3.05) is 0 Å². The number of carboxylic acids is 1. The summed E-state index contributed by atoms with van der Waals surface area (Å²) < 4.78 is 78.6. The molecule has 0 spiro atoms. The van der Waals surface area contributed by atoms with E-state index in [9.17, 15) is 41.0 Å². The summed E-state index contributed by atoms with van der Waals surface area (Å²) in [6.45, 7) is 0. The molecule has 2 N–H and O–H groups in total. The highest BCUT2D eigenvalue weighted by atomic mass is 19.4. The normalized spacial score (nSPS) is 19.7. The van der Waals surface area contributed by atoms with Gasteiger partial charge in [0.15, 0.2) is 0 Å². The SMILES string of the molecule is O=C1N[C@H](c2cc(C(F)(F)F)cc(C(F)(F)F)c2)C(C(=O)O)c2ccccc21. The molecule has 28 heavy (non-hydrogen) atoms. The number of carbonyl (C=O) groups excluding carboxylic acids is 1. The Bertz CT molecular complexity index is 919. The number of aliphatic carboxylic acids is 1. The Hall–Kier alpha value is -3.04. The van der Waals surface area contributed by atoms with Gasteiger partial charge >= 0.3 is 18.3 Å². The van der Waals surface area contributed by atoms with Gasteiger partial charge in [-0.05, 0) is 35.4 Å². The molecule has 0 aromatic heterocycles. The predicted octanol–water partition coefficient (Wildman–Crippen LogP) is 4.38. The van der Waals surface area contributed by atoms with Crippen molar-refractivity contribution in [3.63, 3.8) is 0 Å². The average Bonchev–Trinajstić information content (AvgIpc) is 2.59. The molecule has 1 heterocycles. The second-order valence-electron chi connectivity index (χ2n) is 6.19. The molecule has 0 saturated carbocycles. The minimum Gasteiger partial charge on any atom is -0.481 e. The van der Waals surface area contributed by atoms with Crippen LogP contribution in [0.4, 0.5) is 26.3 Å². The van der Waals surface area contributed by atoms with E-state index in [4.69, 9.17) is 0 Å². The van der Waals surface area contributed by atoms with Gasteiger partial charge in [-0.2, -0.15) is 26.3 Å². The number of alkyl halides is 6. The van der Waals surface area contributed by atoms with Crippen molar-refractivity contribution in [2.24, 2.45) is 0 Å². The molecule has 2 atom stereocenters. The average molecular weight is 403 g/mol. The molecule has 0 fully saturated rings. The molecule has 0 saturated heterocycles. The standard InChI is InChI=1S/C18H11F6NO3/c19-17(20,21)9-5-8(6-10(7-9)18(22,23)24)14-13(16(27)28)11-3-1-2-4-12(11)15(26)25-14/h1-7,13-14H,(H,25,26)(H,27,28)/t13?,14-/m1/s1. The number of rotatable bonds is 2. The Morgan fingerprint density at radius 3 is 1.96 bits per heavy atom. The van der Waals surface area contributed by atoms with Crippen molar-refractivity contribution < 1.29 is 41.0 Å². The highest BCUT2D eigenvalue weighted by molar-refractivity contribution is 6.00. The molecule has 1 aliphatic heterocycles. The first kappa shape index (κ1) is 19.7. The zero-order valence-corrected chi connectivity index (χ0v) is 13.7. The number of halogens is 6. The Morgan fingerprint density at radius 1 is 0.929 bits per heavy atom. The van der Waals surface area contributed by atoms with Gasteiger partial charge in [0, 0.05) is 5.56 Å². The molecule has 1 amide bonds. The lowest BCUT2D eigenvalue weighted by Crippen LogP contribution is -2.41. The van der Waals surface area contributed by atoms with Crippen LogP contribution in [0.5, 0.6) is 0 Å². The fraction of sp³-hybridized carbons (Fsp3) is 0.222. The number of hydrogen-bond donors (Lipinski definition) is 2. The predicted molar refractivity (Wildman–Crippen MR) is 83.5 cm³/mol. The number of hydrogen-bond acceptors (Lipinski definition) is 2. The molecule has 10 heteroatoms. The molecule has 148 valence electrons. The number of carbonyl (C=O) groups is 2. The van der Waals surface area contributed by atoms with E-state index in [-0.39, 0.29) is 17.2 Å². The summed E-state index contributed by atoms with van der Waals surface area (Å²) >= 11 is 0. The van der Waals surface area contributed by atoms with Gasteiger partial charge in [0.2, 0.25) is 0 Å². The molecular formula is C18H11F6NO3. The molecule has 0 radical (unpaired) electrons. The van der Waals surface area contributed by atoms with Crippen molar-refractivity contribution in [2.45, 2.75) is 24.3 Å². The summed E-state index contributed by atoms with van der Waals surface area (Å²) in [6.07, 6.45) is -10.2. The topological polar surface area (TPSA) is 66.4 Å². The summed E-state index contributed by atoms with van der Waals surface area (Å²) in [7, 11) is 0. The van der Waals surface area contributed by atoms with Crippen molar-refractivity contribution in [1.82, 2.24) is 5.32 Å². The molecule has 1 aliphatic rings. The number of nitrogens with one attached hydrogen (secondary N) is 1. The molecule has 3 rings (SSSR count). The van der Waals surface area contributed by atoms with E-state index in [0.29, 0.717) is 12.1 Å². The Kier molecular flexibility index (Phi) is 4.60. The van der Waals surface area contributed by atoms with Gasteiger partial charge in [-0.1, -0.05) is 18.2 Å². The van der Waals surface area contributed by atoms with Gasteiger partial charge in [-0.15, -0.1) is 0 Å². The number of amides is 1. The lowest BCUT2D eigenvalue weighted by atomic mass is 9.80. The maximum Gasteiger partial charge on any atom is 0.416 e. The largest absolute Gasteiger partial charge is 0.481 e. The quantitative estimate of drug-likeness (QED) is 0.732. The van der Waals surface area contributed by atoms with E-state index in [1.807, 2.05) is 0 Å². The fourth-order valence-electron chi connectivity index (χ4n) is 3.17. The van der Waals surface area contributed by atoms with E-state index in [1.165, 1.54) is 24.3 Å². The third-order valence-corrected chi connectivity index (χ3v) is 4.40. The van der Waals surface area contributed by atoms with E-state index >= 15 is 0 Å². The second kappa shape index (κ2) is 6.54. The third kappa shape index (κ3) is 3.54. The lowest BCUT2D eigenvalue weighted by Gasteiger charge is -2.32. The molecule has 0 aliphatic carbocycles. The number of carboxylic acid groups (broad SMARTS) is 1. The van der Waals surface area contributed by atoms with Crippen LogP contribution in [-0.2, 0) is 17.1 Å². The first-order chi connectivity index (χ1) is 12.9. The van der Waals surface area contributed by atoms with Crippen LogP contribution in [-0.4, -0.2) is 17.0 Å². The Balaban J connectivity index is 2.22. The maximum absolute atomic E-state index is 13.1. The van der Waals surface area contributed by atoms with Gasteiger partial charge in [-0.3, -0.25) is 9.59 Å². The van der Waals surface area contributed by atoms with Gasteiger partial charge in [0.25, 0.3) is 5.91 Å².